The van der Waals surface area contributed by atoms with E-state index in [0.717, 1.165) is 0 Å². The molecule has 8 heteroatoms. The minimum atomic E-state index is -0.593. The SMILES string of the molecule is COc1cc(C=C2N=C(c3ccccc3Cl)OC2=O)cc(Br)c1OC(C)=O. The van der Waals surface area contributed by atoms with Gasteiger partial charge in [0.25, 0.3) is 0 Å². The Morgan fingerprint density at radius 1 is 1.30 bits per heavy atom. The summed E-state index contributed by atoms with van der Waals surface area (Å²) in [6.45, 7) is 1.29. The fourth-order valence-electron chi connectivity index (χ4n) is 2.38. The zero-order chi connectivity index (χ0) is 19.6. The summed E-state index contributed by atoms with van der Waals surface area (Å²) in [5, 5.41) is 0.431. The zero-order valence-electron chi connectivity index (χ0n) is 14.3. The Labute approximate surface area is 168 Å². The molecular formula is C19H13BrClNO5. The number of rotatable bonds is 4. The van der Waals surface area contributed by atoms with Gasteiger partial charge in [-0.3, -0.25) is 4.79 Å². The number of benzene rings is 2. The van der Waals surface area contributed by atoms with Gasteiger partial charge in [0.2, 0.25) is 5.90 Å². The van der Waals surface area contributed by atoms with Crippen LogP contribution in [0.25, 0.3) is 6.08 Å². The molecule has 0 N–H and O–H groups in total. The van der Waals surface area contributed by atoms with Gasteiger partial charge in [0.1, 0.15) is 0 Å². The highest BCUT2D eigenvalue weighted by atomic mass is 79.9. The normalized spacial score (nSPS) is 14.7. The highest BCUT2D eigenvalue weighted by Gasteiger charge is 2.25. The highest BCUT2D eigenvalue weighted by Crippen LogP contribution is 2.37. The standard InChI is InChI=1S/C19H13BrClNO5/c1-10(23)26-17-13(20)7-11(9-16(17)25-2)8-15-19(24)27-18(22-15)12-5-3-4-6-14(12)21/h3-9H,1-2H3. The third-order valence-electron chi connectivity index (χ3n) is 3.53. The molecule has 0 saturated heterocycles. The molecular weight excluding hydrogens is 438 g/mol. The average molecular weight is 451 g/mol. The van der Waals surface area contributed by atoms with Gasteiger partial charge in [0.05, 0.1) is 22.2 Å². The van der Waals surface area contributed by atoms with Gasteiger partial charge in [-0.05, 0) is 51.8 Å². The van der Waals surface area contributed by atoms with E-state index in [1.807, 2.05) is 0 Å². The van der Waals surface area contributed by atoms with Gasteiger partial charge in [0, 0.05) is 6.92 Å². The number of nitrogens with zero attached hydrogens (tertiary/aromatic N) is 1. The molecule has 2 aromatic rings. The minimum Gasteiger partial charge on any atom is -0.493 e. The molecule has 1 aliphatic heterocycles. The Kier molecular flexibility index (Phi) is 5.62. The molecule has 0 spiro atoms. The lowest BCUT2D eigenvalue weighted by atomic mass is 10.1. The Balaban J connectivity index is 1.99. The quantitative estimate of drug-likeness (QED) is 0.393. The topological polar surface area (TPSA) is 74.2 Å². The third-order valence-corrected chi connectivity index (χ3v) is 4.44. The molecule has 0 saturated carbocycles. The first kappa shape index (κ1) is 19.1. The first-order valence-electron chi connectivity index (χ1n) is 7.72. The fraction of sp³-hybridized carbons (Fsp3) is 0.105. The van der Waals surface area contributed by atoms with Gasteiger partial charge in [0.15, 0.2) is 17.2 Å². The maximum Gasteiger partial charge on any atom is 0.363 e. The Bertz CT molecular complexity index is 1000. The van der Waals surface area contributed by atoms with Crippen molar-refractivity contribution < 1.29 is 23.8 Å². The van der Waals surface area contributed by atoms with E-state index in [1.54, 1.807) is 36.4 Å². The van der Waals surface area contributed by atoms with Crippen LogP contribution in [-0.2, 0) is 14.3 Å². The van der Waals surface area contributed by atoms with Crippen molar-refractivity contribution in [2.75, 3.05) is 7.11 Å². The van der Waals surface area contributed by atoms with Crippen molar-refractivity contribution in [2.24, 2.45) is 4.99 Å². The van der Waals surface area contributed by atoms with Crippen LogP contribution in [0.2, 0.25) is 5.02 Å². The first-order valence-corrected chi connectivity index (χ1v) is 8.89. The van der Waals surface area contributed by atoms with Crippen LogP contribution in [0.15, 0.2) is 51.6 Å². The van der Waals surface area contributed by atoms with Crippen LogP contribution in [0.5, 0.6) is 11.5 Å². The van der Waals surface area contributed by atoms with Crippen LogP contribution < -0.4 is 9.47 Å². The van der Waals surface area contributed by atoms with E-state index in [4.69, 9.17) is 25.8 Å². The van der Waals surface area contributed by atoms with Gasteiger partial charge >= 0.3 is 11.9 Å². The van der Waals surface area contributed by atoms with Crippen LogP contribution >= 0.6 is 27.5 Å². The summed E-state index contributed by atoms with van der Waals surface area (Å²) in [5.41, 5.74) is 1.24. The average Bonchev–Trinajstić information content (AvgIpc) is 2.97. The predicted octanol–water partition coefficient (Wildman–Crippen LogP) is 4.38. The van der Waals surface area contributed by atoms with Gasteiger partial charge in [-0.2, -0.15) is 0 Å². The van der Waals surface area contributed by atoms with Crippen molar-refractivity contribution in [3.05, 3.63) is 62.7 Å². The molecule has 2 aromatic carbocycles. The number of hydrogen-bond donors (Lipinski definition) is 0. The summed E-state index contributed by atoms with van der Waals surface area (Å²) < 4.78 is 16.1. The number of esters is 2. The third kappa shape index (κ3) is 4.20. The maximum absolute atomic E-state index is 12.2. The summed E-state index contributed by atoms with van der Waals surface area (Å²) in [5.74, 6) is -0.355. The van der Waals surface area contributed by atoms with Crippen molar-refractivity contribution in [3.63, 3.8) is 0 Å². The Hall–Kier alpha value is -2.64. The summed E-state index contributed by atoms with van der Waals surface area (Å²) >= 11 is 9.46. The molecule has 0 unspecified atom stereocenters. The van der Waals surface area contributed by atoms with Gasteiger partial charge in [-0.25, -0.2) is 9.79 Å². The molecule has 0 radical (unpaired) electrons. The van der Waals surface area contributed by atoms with Gasteiger partial charge < -0.3 is 14.2 Å². The van der Waals surface area contributed by atoms with Crippen LogP contribution in [0.4, 0.5) is 0 Å². The second-order valence-electron chi connectivity index (χ2n) is 5.44. The molecule has 0 aromatic heterocycles. The zero-order valence-corrected chi connectivity index (χ0v) is 16.6. The van der Waals surface area contributed by atoms with Crippen molar-refractivity contribution in [3.8, 4) is 11.5 Å². The molecule has 0 aliphatic carbocycles. The summed E-state index contributed by atoms with van der Waals surface area (Å²) in [6, 6.07) is 10.2. The number of methoxy groups -OCH3 is 1. The Morgan fingerprint density at radius 3 is 2.70 bits per heavy atom. The number of carbonyl (C=O) groups excluding carboxylic acids is 2. The second-order valence-corrected chi connectivity index (χ2v) is 6.71. The van der Waals surface area contributed by atoms with Crippen LogP contribution in [-0.4, -0.2) is 24.9 Å². The smallest absolute Gasteiger partial charge is 0.363 e. The van der Waals surface area contributed by atoms with Gasteiger partial charge in [-0.15, -0.1) is 0 Å². The lowest BCUT2D eigenvalue weighted by Crippen LogP contribution is -2.06. The summed E-state index contributed by atoms with van der Waals surface area (Å²) in [7, 11) is 1.45. The number of aliphatic imine (C=N–C) groups is 1. The van der Waals surface area contributed by atoms with E-state index in [-0.39, 0.29) is 17.3 Å². The van der Waals surface area contributed by atoms with E-state index < -0.39 is 11.9 Å². The molecule has 1 aliphatic rings. The Morgan fingerprint density at radius 2 is 2.04 bits per heavy atom. The molecule has 1 heterocycles. The molecule has 0 amide bonds. The van der Waals surface area contributed by atoms with E-state index in [0.29, 0.717) is 26.4 Å². The van der Waals surface area contributed by atoms with E-state index in [9.17, 15) is 9.59 Å². The number of ether oxygens (including phenoxy) is 3. The van der Waals surface area contributed by atoms with Crippen molar-refractivity contribution in [1.82, 2.24) is 0 Å². The van der Waals surface area contributed by atoms with Crippen LogP contribution in [0.1, 0.15) is 18.1 Å². The first-order chi connectivity index (χ1) is 12.9. The molecule has 6 nitrogen and oxygen atoms in total. The molecule has 138 valence electrons. The van der Waals surface area contributed by atoms with E-state index in [1.165, 1.54) is 20.1 Å². The number of carbonyl (C=O) groups is 2. The largest absolute Gasteiger partial charge is 0.493 e. The highest BCUT2D eigenvalue weighted by molar-refractivity contribution is 9.10. The molecule has 0 fully saturated rings. The maximum atomic E-state index is 12.2. The number of cyclic esters (lactones) is 1. The van der Waals surface area contributed by atoms with E-state index >= 15 is 0 Å². The minimum absolute atomic E-state index is 0.110. The molecule has 0 bridgehead atoms. The summed E-state index contributed by atoms with van der Waals surface area (Å²) in [4.78, 5) is 27.6. The van der Waals surface area contributed by atoms with Crippen molar-refractivity contribution >= 4 is 51.4 Å². The van der Waals surface area contributed by atoms with Crippen LogP contribution in [0.3, 0.4) is 0 Å². The number of hydrogen-bond acceptors (Lipinski definition) is 6. The van der Waals surface area contributed by atoms with Gasteiger partial charge in [-0.1, -0.05) is 23.7 Å². The molecule has 3 rings (SSSR count). The lowest BCUT2D eigenvalue weighted by molar-refractivity contribution is -0.132. The summed E-state index contributed by atoms with van der Waals surface area (Å²) in [6.07, 6.45) is 1.54. The lowest BCUT2D eigenvalue weighted by Gasteiger charge is -2.11. The molecule has 0 atom stereocenters. The number of halogens is 2. The van der Waals surface area contributed by atoms with Crippen molar-refractivity contribution in [1.29, 1.82) is 0 Å². The monoisotopic (exact) mass is 449 g/mol. The second kappa shape index (κ2) is 7.94. The van der Waals surface area contributed by atoms with Crippen molar-refractivity contribution in [2.45, 2.75) is 6.92 Å². The molecule has 27 heavy (non-hydrogen) atoms. The van der Waals surface area contributed by atoms with E-state index in [2.05, 4.69) is 20.9 Å². The predicted molar refractivity (Wildman–Crippen MR) is 104 cm³/mol. The van der Waals surface area contributed by atoms with Crippen LogP contribution in [0, 0.1) is 0 Å². The fourth-order valence-corrected chi connectivity index (χ4v) is 3.14.